The fourth-order valence-electron chi connectivity index (χ4n) is 8.82. The highest BCUT2D eigenvalue weighted by molar-refractivity contribution is 6.04. The van der Waals surface area contributed by atoms with Crippen LogP contribution < -0.4 is 0 Å². The molecule has 1 unspecified atom stereocenters. The van der Waals surface area contributed by atoms with Gasteiger partial charge < -0.3 is 4.42 Å². The van der Waals surface area contributed by atoms with Gasteiger partial charge in [-0.1, -0.05) is 152 Å². The molecular formula is C54H34N6O. The highest BCUT2D eigenvalue weighted by Gasteiger charge is 2.27. The minimum atomic E-state index is 0.287. The highest BCUT2D eigenvalue weighted by atomic mass is 16.3. The van der Waals surface area contributed by atoms with Gasteiger partial charge in [0.25, 0.3) is 0 Å². The molecule has 61 heavy (non-hydrogen) atoms. The molecule has 2 aliphatic carbocycles. The summed E-state index contributed by atoms with van der Waals surface area (Å²) in [6.45, 7) is 0. The van der Waals surface area contributed by atoms with Gasteiger partial charge in [0, 0.05) is 50.9 Å². The molecule has 0 amide bonds. The third-order valence-electron chi connectivity index (χ3n) is 11.8. The molecule has 0 N–H and O–H groups in total. The van der Waals surface area contributed by atoms with E-state index >= 15 is 0 Å². The van der Waals surface area contributed by atoms with Gasteiger partial charge in [0.1, 0.15) is 22.6 Å². The minimum Gasteiger partial charge on any atom is -0.456 e. The van der Waals surface area contributed by atoms with Crippen LogP contribution in [0.15, 0.2) is 192 Å². The van der Waals surface area contributed by atoms with Gasteiger partial charge in [-0.15, -0.1) is 0 Å². The van der Waals surface area contributed by atoms with Crippen molar-refractivity contribution >= 4 is 38.9 Å². The summed E-state index contributed by atoms with van der Waals surface area (Å²) in [7, 11) is 0. The number of fused-ring (bicyclic) bond motifs is 6. The van der Waals surface area contributed by atoms with Crippen molar-refractivity contribution in [1.82, 2.24) is 29.9 Å². The number of allylic oxidation sites excluding steroid dienone is 5. The molecule has 7 heteroatoms. The van der Waals surface area contributed by atoms with E-state index in [2.05, 4.69) is 114 Å². The van der Waals surface area contributed by atoms with Crippen LogP contribution in [0.5, 0.6) is 0 Å². The van der Waals surface area contributed by atoms with Gasteiger partial charge in [0.05, 0.1) is 5.52 Å². The summed E-state index contributed by atoms with van der Waals surface area (Å²) >= 11 is 0. The second kappa shape index (κ2) is 14.3. The SMILES string of the molecule is C1=CC2=Cc3oc4cccc(-c5nc(-c6ccc(-c7nc(-c8ccccc8)c8ncccc8n7)cc6)nc(-c6ccc(-c7ccccc7)c7ccccc67)n5)c4c3CC2C=C1. The largest absolute Gasteiger partial charge is 0.456 e. The molecule has 12 rings (SSSR count). The van der Waals surface area contributed by atoms with Crippen molar-refractivity contribution in [1.29, 1.82) is 0 Å². The molecule has 10 aromatic rings. The lowest BCUT2D eigenvalue weighted by Crippen LogP contribution is -2.10. The second-order valence-corrected chi connectivity index (χ2v) is 15.4. The van der Waals surface area contributed by atoms with Crippen molar-refractivity contribution in [3.8, 4) is 67.9 Å². The molecule has 0 bridgehead atoms. The summed E-state index contributed by atoms with van der Waals surface area (Å²) in [5.41, 5.74) is 12.4. The first-order valence-electron chi connectivity index (χ1n) is 20.5. The van der Waals surface area contributed by atoms with Gasteiger partial charge >= 0.3 is 0 Å². The van der Waals surface area contributed by atoms with Gasteiger partial charge in [-0.2, -0.15) is 0 Å². The summed E-state index contributed by atoms with van der Waals surface area (Å²) in [4.78, 5) is 30.5. The Kier molecular flexibility index (Phi) is 8.16. The van der Waals surface area contributed by atoms with Crippen LogP contribution in [0.2, 0.25) is 0 Å². The fraction of sp³-hybridized carbons (Fsp3) is 0.0370. The minimum absolute atomic E-state index is 0.287. The molecule has 0 spiro atoms. The number of benzene rings is 6. The van der Waals surface area contributed by atoms with Gasteiger partial charge in [-0.3, -0.25) is 4.98 Å². The zero-order valence-electron chi connectivity index (χ0n) is 32.8. The Morgan fingerprint density at radius 3 is 1.95 bits per heavy atom. The van der Waals surface area contributed by atoms with E-state index < -0.39 is 0 Å². The van der Waals surface area contributed by atoms with Gasteiger partial charge in [0.15, 0.2) is 23.3 Å². The van der Waals surface area contributed by atoms with Crippen LogP contribution in [0.25, 0.3) is 107 Å². The van der Waals surface area contributed by atoms with Crippen LogP contribution in [-0.2, 0) is 6.42 Å². The van der Waals surface area contributed by atoms with E-state index in [1.807, 2.05) is 72.8 Å². The molecule has 0 saturated carbocycles. The van der Waals surface area contributed by atoms with E-state index in [1.54, 1.807) is 6.20 Å². The lowest BCUT2D eigenvalue weighted by atomic mass is 9.82. The first kappa shape index (κ1) is 34.8. The molecule has 6 aromatic carbocycles. The second-order valence-electron chi connectivity index (χ2n) is 15.4. The summed E-state index contributed by atoms with van der Waals surface area (Å²) in [5.74, 6) is 3.53. The monoisotopic (exact) mass is 782 g/mol. The highest BCUT2D eigenvalue weighted by Crippen LogP contribution is 2.42. The maximum Gasteiger partial charge on any atom is 0.164 e. The summed E-state index contributed by atoms with van der Waals surface area (Å²) in [5, 5.41) is 3.23. The van der Waals surface area contributed by atoms with Crippen LogP contribution >= 0.6 is 0 Å². The predicted molar refractivity (Wildman–Crippen MR) is 244 cm³/mol. The van der Waals surface area contributed by atoms with Gasteiger partial charge in [0.2, 0.25) is 0 Å². The number of hydrogen-bond acceptors (Lipinski definition) is 7. The van der Waals surface area contributed by atoms with Gasteiger partial charge in [-0.05, 0) is 64.2 Å². The quantitative estimate of drug-likeness (QED) is 0.166. The normalized spacial score (nSPS) is 14.3. The molecule has 0 fully saturated rings. The molecule has 1 atom stereocenters. The predicted octanol–water partition coefficient (Wildman–Crippen LogP) is 12.8. The van der Waals surface area contributed by atoms with Crippen molar-refractivity contribution in [3.05, 3.63) is 199 Å². The Morgan fingerprint density at radius 2 is 1.16 bits per heavy atom. The molecule has 2 aliphatic rings. The maximum absolute atomic E-state index is 6.54. The third-order valence-corrected chi connectivity index (χ3v) is 11.8. The number of hydrogen-bond donors (Lipinski definition) is 0. The van der Waals surface area contributed by atoms with Crippen molar-refractivity contribution in [2.75, 3.05) is 0 Å². The van der Waals surface area contributed by atoms with E-state index in [9.17, 15) is 0 Å². The van der Waals surface area contributed by atoms with Crippen molar-refractivity contribution < 1.29 is 4.42 Å². The van der Waals surface area contributed by atoms with Crippen LogP contribution in [0.4, 0.5) is 0 Å². The van der Waals surface area contributed by atoms with Crippen LogP contribution in [0, 0.1) is 5.92 Å². The topological polar surface area (TPSA) is 90.5 Å². The first-order chi connectivity index (χ1) is 30.2. The van der Waals surface area contributed by atoms with Crippen molar-refractivity contribution in [2.24, 2.45) is 5.92 Å². The van der Waals surface area contributed by atoms with Gasteiger partial charge in [-0.25, -0.2) is 24.9 Å². The number of pyridine rings is 1. The average molecular weight is 783 g/mol. The van der Waals surface area contributed by atoms with Crippen molar-refractivity contribution in [2.45, 2.75) is 6.42 Å². The van der Waals surface area contributed by atoms with Crippen LogP contribution in [0.3, 0.4) is 0 Å². The standard InChI is InChI=1S/C54H34N6O/c1-3-13-33(14-4-1)39-28-29-42(41-20-10-9-19-40(39)41)53-58-52(59-54(60-53)43-21-11-23-46-48(43)44-31-37-17-7-8-18-38(37)32-47(44)61-46)36-26-24-35(25-27-36)51-56-45-22-12-30-55-50(45)49(57-51)34-15-5-2-6-16-34/h1-30,32,37H,31H2. The van der Waals surface area contributed by atoms with Crippen molar-refractivity contribution in [3.63, 3.8) is 0 Å². The summed E-state index contributed by atoms with van der Waals surface area (Å²) in [6, 6.07) is 51.7. The maximum atomic E-state index is 6.54. The van der Waals surface area contributed by atoms with E-state index in [1.165, 1.54) is 11.1 Å². The Morgan fingerprint density at radius 1 is 0.492 bits per heavy atom. The number of rotatable bonds is 6. The number of furan rings is 1. The summed E-state index contributed by atoms with van der Waals surface area (Å²) in [6.07, 6.45) is 13.5. The van der Waals surface area contributed by atoms with E-state index in [0.29, 0.717) is 23.3 Å². The fourth-order valence-corrected chi connectivity index (χ4v) is 8.82. The smallest absolute Gasteiger partial charge is 0.164 e. The number of nitrogens with zero attached hydrogens (tertiary/aromatic N) is 6. The van der Waals surface area contributed by atoms with Crippen LogP contribution in [0.1, 0.15) is 11.3 Å². The summed E-state index contributed by atoms with van der Waals surface area (Å²) < 4.78 is 6.54. The Labute approximate surface area is 351 Å². The molecule has 4 aromatic heterocycles. The number of aromatic nitrogens is 6. The lowest BCUT2D eigenvalue weighted by molar-refractivity contribution is 0.586. The zero-order chi connectivity index (χ0) is 40.3. The van der Waals surface area contributed by atoms with E-state index in [0.717, 1.165) is 89.6 Å². The third kappa shape index (κ3) is 6.05. The molecule has 4 heterocycles. The Hall–Kier alpha value is -8.16. The van der Waals surface area contributed by atoms with E-state index in [-0.39, 0.29) is 5.92 Å². The first-order valence-corrected chi connectivity index (χ1v) is 20.5. The molecule has 0 radical (unpaired) electrons. The molecule has 286 valence electrons. The Balaban J connectivity index is 1.03. The zero-order valence-corrected chi connectivity index (χ0v) is 32.8. The molecule has 0 aliphatic heterocycles. The lowest BCUT2D eigenvalue weighted by Gasteiger charge is -2.21. The average Bonchev–Trinajstić information content (AvgIpc) is 3.70. The molecule has 0 saturated heterocycles. The molecular weight excluding hydrogens is 749 g/mol. The van der Waals surface area contributed by atoms with Crippen LogP contribution in [-0.4, -0.2) is 29.9 Å². The van der Waals surface area contributed by atoms with E-state index in [4.69, 9.17) is 29.3 Å². The molecule has 7 nitrogen and oxygen atoms in total. The Bertz CT molecular complexity index is 3440.